The molecular formula is C22H24ClFN6O4. The van der Waals surface area contributed by atoms with Crippen LogP contribution in [0, 0.1) is 11.2 Å². The van der Waals surface area contributed by atoms with E-state index in [4.69, 9.17) is 28.5 Å². The number of primary amides is 2. The topological polar surface area (TPSA) is 171 Å². The average molecular weight is 491 g/mol. The van der Waals surface area contributed by atoms with Gasteiger partial charge in [0.25, 0.3) is 5.91 Å². The molecule has 0 aromatic heterocycles. The summed E-state index contributed by atoms with van der Waals surface area (Å²) in [5.74, 6) is -3.39. The van der Waals surface area contributed by atoms with Crippen LogP contribution < -0.4 is 22.1 Å². The number of amides is 4. The zero-order valence-corrected chi connectivity index (χ0v) is 18.8. The van der Waals surface area contributed by atoms with Crippen molar-refractivity contribution >= 4 is 46.6 Å². The summed E-state index contributed by atoms with van der Waals surface area (Å²) >= 11 is 5.73. The lowest BCUT2D eigenvalue weighted by atomic mass is 10.1. The van der Waals surface area contributed by atoms with Crippen LogP contribution >= 0.6 is 11.6 Å². The molecular weight excluding hydrogens is 467 g/mol. The summed E-state index contributed by atoms with van der Waals surface area (Å²) in [4.78, 5) is 48.8. The SMILES string of the molecule is N=C(C(N)=O)c1ccccc1NCC(=O)N(CCC(N)=O)CC(=O)NCc1cccc(Cl)c1F. The molecule has 12 heteroatoms. The number of carbonyl (C=O) groups is 4. The van der Waals surface area contributed by atoms with Crippen LogP contribution in [0.1, 0.15) is 17.5 Å². The first-order chi connectivity index (χ1) is 16.1. The molecule has 2 aromatic carbocycles. The third-order valence-electron chi connectivity index (χ3n) is 4.70. The van der Waals surface area contributed by atoms with Gasteiger partial charge in [-0.25, -0.2) is 4.39 Å². The van der Waals surface area contributed by atoms with Crippen molar-refractivity contribution in [3.05, 3.63) is 64.4 Å². The van der Waals surface area contributed by atoms with E-state index in [1.807, 2.05) is 0 Å². The first-order valence-electron chi connectivity index (χ1n) is 10.1. The third-order valence-corrected chi connectivity index (χ3v) is 4.99. The molecule has 10 nitrogen and oxygen atoms in total. The molecule has 0 aliphatic carbocycles. The van der Waals surface area contributed by atoms with Crippen molar-refractivity contribution in [2.45, 2.75) is 13.0 Å². The van der Waals surface area contributed by atoms with Crippen LogP contribution in [0.5, 0.6) is 0 Å². The van der Waals surface area contributed by atoms with Crippen molar-refractivity contribution in [1.29, 1.82) is 5.41 Å². The molecule has 0 saturated heterocycles. The van der Waals surface area contributed by atoms with Crippen LogP contribution in [0.15, 0.2) is 42.5 Å². The van der Waals surface area contributed by atoms with E-state index in [2.05, 4.69) is 10.6 Å². The molecule has 0 spiro atoms. The molecule has 4 amide bonds. The molecule has 0 heterocycles. The fourth-order valence-electron chi connectivity index (χ4n) is 2.92. The van der Waals surface area contributed by atoms with Gasteiger partial charge in [-0.2, -0.15) is 0 Å². The standard InChI is InChI=1S/C22H24ClFN6O4/c23-15-6-3-4-13(20(15)24)10-29-18(32)12-30(9-8-17(25)31)19(33)11-28-16-7-2-1-5-14(16)21(26)22(27)34/h1-7,26,28H,8-12H2,(H2,25,31)(H2,27,34)(H,29,32). The van der Waals surface area contributed by atoms with E-state index in [9.17, 15) is 23.6 Å². The second kappa shape index (κ2) is 12.3. The largest absolute Gasteiger partial charge is 0.376 e. The minimum absolute atomic E-state index is 0.0826. The maximum Gasteiger partial charge on any atom is 0.267 e. The first kappa shape index (κ1) is 26.3. The highest BCUT2D eigenvalue weighted by Gasteiger charge is 2.19. The Labute approximate surface area is 199 Å². The summed E-state index contributed by atoms with van der Waals surface area (Å²) in [6.07, 6.45) is -0.176. The third kappa shape index (κ3) is 7.55. The van der Waals surface area contributed by atoms with Gasteiger partial charge in [-0.3, -0.25) is 24.6 Å². The van der Waals surface area contributed by atoms with Crippen molar-refractivity contribution in [3.8, 4) is 0 Å². The van der Waals surface area contributed by atoms with Gasteiger partial charge in [-0.15, -0.1) is 0 Å². The van der Waals surface area contributed by atoms with Crippen LogP contribution in [-0.2, 0) is 25.7 Å². The number of para-hydroxylation sites is 1. The monoisotopic (exact) mass is 490 g/mol. The van der Waals surface area contributed by atoms with E-state index in [1.54, 1.807) is 18.2 Å². The number of nitrogens with two attached hydrogens (primary N) is 2. The predicted octanol–water partition coefficient (Wildman–Crippen LogP) is 0.765. The molecule has 0 unspecified atom stereocenters. The highest BCUT2D eigenvalue weighted by atomic mass is 35.5. The smallest absolute Gasteiger partial charge is 0.267 e. The highest BCUT2D eigenvalue weighted by molar-refractivity contribution is 6.44. The Morgan fingerprint density at radius 3 is 2.44 bits per heavy atom. The number of nitrogens with zero attached hydrogens (tertiary/aromatic N) is 1. The maximum atomic E-state index is 14.0. The molecule has 0 atom stereocenters. The Kier molecular flexibility index (Phi) is 9.50. The van der Waals surface area contributed by atoms with Gasteiger partial charge >= 0.3 is 0 Å². The Morgan fingerprint density at radius 2 is 1.76 bits per heavy atom. The van der Waals surface area contributed by atoms with Crippen molar-refractivity contribution in [2.24, 2.45) is 11.5 Å². The van der Waals surface area contributed by atoms with Gasteiger partial charge in [0, 0.05) is 36.3 Å². The summed E-state index contributed by atoms with van der Waals surface area (Å²) in [7, 11) is 0. The molecule has 0 bridgehead atoms. The van der Waals surface area contributed by atoms with Gasteiger partial charge in [0.2, 0.25) is 17.7 Å². The molecule has 34 heavy (non-hydrogen) atoms. The highest BCUT2D eigenvalue weighted by Crippen LogP contribution is 2.18. The minimum Gasteiger partial charge on any atom is -0.376 e. The number of benzene rings is 2. The number of nitrogens with one attached hydrogen (secondary N) is 3. The molecule has 0 aliphatic rings. The lowest BCUT2D eigenvalue weighted by Gasteiger charge is -2.22. The normalized spacial score (nSPS) is 10.3. The van der Waals surface area contributed by atoms with Crippen LogP contribution in [0.3, 0.4) is 0 Å². The Hall–Kier alpha value is -3.99. The summed E-state index contributed by atoms with van der Waals surface area (Å²) in [5, 5.41) is 13.0. The van der Waals surface area contributed by atoms with Gasteiger partial charge in [-0.1, -0.05) is 41.9 Å². The van der Waals surface area contributed by atoms with Gasteiger partial charge in [0.05, 0.1) is 18.1 Å². The zero-order chi connectivity index (χ0) is 25.3. The minimum atomic E-state index is -0.934. The Bertz CT molecular complexity index is 1110. The average Bonchev–Trinajstić information content (AvgIpc) is 2.80. The Balaban J connectivity index is 2.04. The number of anilines is 1. The molecule has 7 N–H and O–H groups in total. The van der Waals surface area contributed by atoms with Crippen molar-refractivity contribution in [3.63, 3.8) is 0 Å². The van der Waals surface area contributed by atoms with Crippen molar-refractivity contribution in [1.82, 2.24) is 10.2 Å². The van der Waals surface area contributed by atoms with Crippen molar-refractivity contribution < 1.29 is 23.6 Å². The van der Waals surface area contributed by atoms with E-state index in [1.165, 1.54) is 24.3 Å². The van der Waals surface area contributed by atoms with Gasteiger partial charge < -0.3 is 27.0 Å². The van der Waals surface area contributed by atoms with E-state index in [0.717, 1.165) is 4.90 Å². The van der Waals surface area contributed by atoms with Gasteiger partial charge in [0.15, 0.2) is 0 Å². The summed E-state index contributed by atoms with van der Waals surface area (Å²) in [5.41, 5.74) is 10.6. The zero-order valence-electron chi connectivity index (χ0n) is 18.1. The van der Waals surface area contributed by atoms with E-state index in [-0.39, 0.29) is 42.2 Å². The first-order valence-corrected chi connectivity index (χ1v) is 10.4. The number of halogens is 2. The number of rotatable bonds is 12. The lowest BCUT2D eigenvalue weighted by molar-refractivity contribution is -0.135. The van der Waals surface area contributed by atoms with Crippen LogP contribution in [0.25, 0.3) is 0 Å². The molecule has 0 radical (unpaired) electrons. The van der Waals surface area contributed by atoms with Crippen LogP contribution in [0.2, 0.25) is 5.02 Å². The summed E-state index contributed by atoms with van der Waals surface area (Å²) < 4.78 is 14.0. The molecule has 2 aromatic rings. The molecule has 0 aliphatic heterocycles. The van der Waals surface area contributed by atoms with Crippen LogP contribution in [0.4, 0.5) is 10.1 Å². The summed E-state index contributed by atoms with van der Waals surface area (Å²) in [6, 6.07) is 10.7. The van der Waals surface area contributed by atoms with E-state index in [0.29, 0.717) is 5.69 Å². The van der Waals surface area contributed by atoms with Crippen molar-refractivity contribution in [2.75, 3.05) is 25.0 Å². The van der Waals surface area contributed by atoms with E-state index < -0.39 is 41.7 Å². The maximum absolute atomic E-state index is 14.0. The second-order valence-corrected chi connectivity index (χ2v) is 7.57. The molecule has 180 valence electrons. The molecule has 2 rings (SSSR count). The van der Waals surface area contributed by atoms with Crippen LogP contribution in [-0.4, -0.2) is 53.9 Å². The number of carbonyl (C=O) groups excluding carboxylic acids is 4. The fraction of sp³-hybridized carbons (Fsp3) is 0.227. The second-order valence-electron chi connectivity index (χ2n) is 7.16. The van der Waals surface area contributed by atoms with Gasteiger partial charge in [-0.05, 0) is 12.1 Å². The van der Waals surface area contributed by atoms with E-state index >= 15 is 0 Å². The fourth-order valence-corrected chi connectivity index (χ4v) is 3.11. The predicted molar refractivity (Wildman–Crippen MR) is 125 cm³/mol. The van der Waals surface area contributed by atoms with Gasteiger partial charge in [0.1, 0.15) is 11.5 Å². The molecule has 0 saturated carbocycles. The number of hydrogen-bond donors (Lipinski definition) is 5. The quantitative estimate of drug-likeness (QED) is 0.276. The Morgan fingerprint density at radius 1 is 1.06 bits per heavy atom. The molecule has 0 fully saturated rings. The summed E-state index contributed by atoms with van der Waals surface area (Å²) in [6.45, 7) is -0.982. The lowest BCUT2D eigenvalue weighted by Crippen LogP contribution is -2.44. The number of hydrogen-bond acceptors (Lipinski definition) is 6.